The van der Waals surface area contributed by atoms with Gasteiger partial charge in [0.15, 0.2) is 5.82 Å². The fourth-order valence-corrected chi connectivity index (χ4v) is 2.28. The van der Waals surface area contributed by atoms with Crippen LogP contribution in [0.2, 0.25) is 0 Å². The van der Waals surface area contributed by atoms with Gasteiger partial charge in [-0.2, -0.15) is 10.2 Å². The lowest BCUT2D eigenvalue weighted by atomic mass is 10.1. The number of benzene rings is 1. The van der Waals surface area contributed by atoms with Crippen LogP contribution in [0.3, 0.4) is 0 Å². The molecule has 3 rings (SSSR count). The van der Waals surface area contributed by atoms with Crippen molar-refractivity contribution in [2.45, 2.75) is 26.3 Å². The fourth-order valence-electron chi connectivity index (χ4n) is 2.28. The average Bonchev–Trinajstić information content (AvgIpc) is 3.26. The second-order valence-corrected chi connectivity index (χ2v) is 5.29. The maximum atomic E-state index is 12.5. The Morgan fingerprint density at radius 2 is 2.26 bits per heavy atom. The van der Waals surface area contributed by atoms with Crippen LogP contribution in [0.25, 0.3) is 11.4 Å². The van der Waals surface area contributed by atoms with Gasteiger partial charge in [-0.3, -0.25) is 9.89 Å². The van der Waals surface area contributed by atoms with E-state index in [4.69, 9.17) is 0 Å². The molecule has 0 spiro atoms. The maximum Gasteiger partial charge on any atom is 0.256 e. The molecule has 0 saturated carbocycles. The Bertz CT molecular complexity index is 793. The number of amides is 1. The first-order chi connectivity index (χ1) is 11.2. The number of hydrogen-bond acceptors (Lipinski definition) is 4. The Labute approximate surface area is 133 Å². The summed E-state index contributed by atoms with van der Waals surface area (Å²) in [7, 11) is 0. The van der Waals surface area contributed by atoms with Crippen LogP contribution in [-0.4, -0.2) is 30.9 Å². The molecule has 1 atom stereocenters. The highest BCUT2D eigenvalue weighted by Crippen LogP contribution is 2.19. The number of carbonyl (C=O) groups excluding carboxylic acids is 1. The van der Waals surface area contributed by atoms with Gasteiger partial charge in [-0.25, -0.2) is 9.67 Å². The van der Waals surface area contributed by atoms with Gasteiger partial charge in [0, 0.05) is 17.2 Å². The first-order valence-electron chi connectivity index (χ1n) is 7.49. The SMILES string of the molecule is CC[C@H](C)n1nccc1NC(=O)c1cccc(-c2ncn[nH]2)c1. The molecule has 0 unspecified atom stereocenters. The van der Waals surface area contributed by atoms with Crippen LogP contribution >= 0.6 is 0 Å². The third-order valence-corrected chi connectivity index (χ3v) is 3.73. The zero-order valence-corrected chi connectivity index (χ0v) is 13.0. The molecular weight excluding hydrogens is 292 g/mol. The van der Waals surface area contributed by atoms with E-state index in [1.165, 1.54) is 6.33 Å². The Morgan fingerprint density at radius 1 is 1.39 bits per heavy atom. The molecule has 7 nitrogen and oxygen atoms in total. The quantitative estimate of drug-likeness (QED) is 0.758. The van der Waals surface area contributed by atoms with Crippen molar-refractivity contribution in [1.29, 1.82) is 0 Å². The van der Waals surface area contributed by atoms with E-state index in [1.807, 2.05) is 16.8 Å². The highest BCUT2D eigenvalue weighted by molar-refractivity contribution is 6.04. The maximum absolute atomic E-state index is 12.5. The molecule has 23 heavy (non-hydrogen) atoms. The van der Waals surface area contributed by atoms with Gasteiger partial charge in [-0.05, 0) is 25.5 Å². The van der Waals surface area contributed by atoms with Crippen molar-refractivity contribution in [2.24, 2.45) is 0 Å². The minimum atomic E-state index is -0.184. The molecule has 0 aliphatic carbocycles. The monoisotopic (exact) mass is 310 g/mol. The third-order valence-electron chi connectivity index (χ3n) is 3.73. The minimum Gasteiger partial charge on any atom is -0.307 e. The molecule has 2 N–H and O–H groups in total. The van der Waals surface area contributed by atoms with Gasteiger partial charge < -0.3 is 5.32 Å². The molecule has 0 fully saturated rings. The van der Waals surface area contributed by atoms with Crippen LogP contribution < -0.4 is 5.32 Å². The Balaban J connectivity index is 1.82. The van der Waals surface area contributed by atoms with E-state index in [0.717, 1.165) is 12.0 Å². The lowest BCUT2D eigenvalue weighted by Gasteiger charge is -2.14. The van der Waals surface area contributed by atoms with Crippen LogP contribution in [0.15, 0.2) is 42.9 Å². The highest BCUT2D eigenvalue weighted by atomic mass is 16.1. The Hall–Kier alpha value is -2.96. The number of nitrogens with zero attached hydrogens (tertiary/aromatic N) is 4. The second-order valence-electron chi connectivity index (χ2n) is 5.29. The number of nitrogens with one attached hydrogen (secondary N) is 2. The van der Waals surface area contributed by atoms with Gasteiger partial charge >= 0.3 is 0 Å². The predicted molar refractivity (Wildman–Crippen MR) is 87.0 cm³/mol. The smallest absolute Gasteiger partial charge is 0.256 e. The van der Waals surface area contributed by atoms with Crippen LogP contribution in [0, 0.1) is 0 Å². The van der Waals surface area contributed by atoms with E-state index in [-0.39, 0.29) is 11.9 Å². The molecule has 2 heterocycles. The molecule has 1 amide bonds. The largest absolute Gasteiger partial charge is 0.307 e. The fraction of sp³-hybridized carbons (Fsp3) is 0.250. The topological polar surface area (TPSA) is 88.5 Å². The van der Waals surface area contributed by atoms with Crippen molar-refractivity contribution < 1.29 is 4.79 Å². The summed E-state index contributed by atoms with van der Waals surface area (Å²) in [6.07, 6.45) is 4.06. The Morgan fingerprint density at radius 3 is 3.00 bits per heavy atom. The van der Waals surface area contributed by atoms with Gasteiger partial charge in [0.25, 0.3) is 5.91 Å². The van der Waals surface area contributed by atoms with Gasteiger partial charge in [-0.1, -0.05) is 19.1 Å². The van der Waals surface area contributed by atoms with E-state index in [0.29, 0.717) is 17.2 Å². The van der Waals surface area contributed by atoms with E-state index >= 15 is 0 Å². The van der Waals surface area contributed by atoms with Crippen molar-refractivity contribution >= 4 is 11.7 Å². The second kappa shape index (κ2) is 6.43. The lowest BCUT2D eigenvalue weighted by Crippen LogP contribution is -2.17. The van der Waals surface area contributed by atoms with Crippen LogP contribution in [0.4, 0.5) is 5.82 Å². The molecule has 0 saturated heterocycles. The molecule has 3 aromatic rings. The van der Waals surface area contributed by atoms with Crippen molar-refractivity contribution in [2.75, 3.05) is 5.32 Å². The first-order valence-corrected chi connectivity index (χ1v) is 7.49. The van der Waals surface area contributed by atoms with Crippen LogP contribution in [0.1, 0.15) is 36.7 Å². The summed E-state index contributed by atoms with van der Waals surface area (Å²) < 4.78 is 1.82. The van der Waals surface area contributed by atoms with Crippen molar-refractivity contribution in [1.82, 2.24) is 25.0 Å². The molecular formula is C16H18N6O. The highest BCUT2D eigenvalue weighted by Gasteiger charge is 2.13. The third kappa shape index (κ3) is 3.13. The molecule has 0 radical (unpaired) electrons. The normalized spacial score (nSPS) is 12.1. The van der Waals surface area contributed by atoms with Crippen LogP contribution in [0.5, 0.6) is 0 Å². The molecule has 7 heteroatoms. The van der Waals surface area contributed by atoms with Gasteiger partial charge in [0.2, 0.25) is 0 Å². The molecule has 118 valence electrons. The zero-order chi connectivity index (χ0) is 16.2. The standard InChI is InChI=1S/C16H18N6O/c1-3-11(2)22-14(7-8-19-22)20-16(23)13-6-4-5-12(9-13)15-17-10-18-21-15/h4-11H,3H2,1-2H3,(H,20,23)(H,17,18,21)/t11-/m0/s1. The first kappa shape index (κ1) is 15.0. The van der Waals surface area contributed by atoms with Crippen LogP contribution in [-0.2, 0) is 0 Å². The summed E-state index contributed by atoms with van der Waals surface area (Å²) in [5, 5.41) is 13.8. The lowest BCUT2D eigenvalue weighted by molar-refractivity contribution is 0.102. The van der Waals surface area contributed by atoms with Crippen molar-refractivity contribution in [3.05, 3.63) is 48.4 Å². The number of aromatic amines is 1. The van der Waals surface area contributed by atoms with Gasteiger partial charge in [-0.15, -0.1) is 0 Å². The van der Waals surface area contributed by atoms with Gasteiger partial charge in [0.05, 0.1) is 12.2 Å². The summed E-state index contributed by atoms with van der Waals surface area (Å²) in [6.45, 7) is 4.14. The summed E-state index contributed by atoms with van der Waals surface area (Å²) in [5.41, 5.74) is 1.36. The average molecular weight is 310 g/mol. The number of carbonyl (C=O) groups is 1. The number of aromatic nitrogens is 5. The number of rotatable bonds is 5. The van der Waals surface area contributed by atoms with E-state index in [9.17, 15) is 4.79 Å². The molecule has 1 aromatic carbocycles. The van der Waals surface area contributed by atoms with Gasteiger partial charge in [0.1, 0.15) is 12.1 Å². The van der Waals surface area contributed by atoms with E-state index in [2.05, 4.69) is 39.4 Å². The molecule has 2 aromatic heterocycles. The van der Waals surface area contributed by atoms with Crippen molar-refractivity contribution in [3.8, 4) is 11.4 Å². The Kier molecular flexibility index (Phi) is 4.18. The summed E-state index contributed by atoms with van der Waals surface area (Å²) in [4.78, 5) is 16.6. The summed E-state index contributed by atoms with van der Waals surface area (Å²) in [5.74, 6) is 1.13. The molecule has 0 bridgehead atoms. The number of anilines is 1. The molecule has 0 aliphatic heterocycles. The summed E-state index contributed by atoms with van der Waals surface area (Å²) >= 11 is 0. The van der Waals surface area contributed by atoms with Crippen molar-refractivity contribution in [3.63, 3.8) is 0 Å². The number of hydrogen-bond donors (Lipinski definition) is 2. The predicted octanol–water partition coefficient (Wildman–Crippen LogP) is 2.89. The number of H-pyrrole nitrogens is 1. The molecule has 0 aliphatic rings. The summed E-state index contributed by atoms with van der Waals surface area (Å²) in [6, 6.07) is 9.25. The zero-order valence-electron chi connectivity index (χ0n) is 13.0. The minimum absolute atomic E-state index is 0.184. The van der Waals surface area contributed by atoms with E-state index < -0.39 is 0 Å². The van der Waals surface area contributed by atoms with E-state index in [1.54, 1.807) is 24.4 Å².